The summed E-state index contributed by atoms with van der Waals surface area (Å²) in [6.07, 6.45) is 9.78. The van der Waals surface area contributed by atoms with Crippen molar-refractivity contribution >= 4 is 17.7 Å². The van der Waals surface area contributed by atoms with Gasteiger partial charge in [0.05, 0.1) is 6.54 Å². The summed E-state index contributed by atoms with van der Waals surface area (Å²) in [6, 6.07) is 0. The molecule has 3 aliphatic heterocycles. The van der Waals surface area contributed by atoms with Gasteiger partial charge in [0.15, 0.2) is 0 Å². The first-order chi connectivity index (χ1) is 12.6. The van der Waals surface area contributed by atoms with Crippen LogP contribution < -0.4 is 0 Å². The molecule has 0 unspecified atom stereocenters. The maximum Gasteiger partial charge on any atom is 0.242 e. The first-order valence-electron chi connectivity index (χ1n) is 10.5. The van der Waals surface area contributed by atoms with Gasteiger partial charge in [-0.2, -0.15) is 0 Å². The fraction of sp³-hybridized carbons (Fsp3) is 0.850. The van der Waals surface area contributed by atoms with Crippen LogP contribution in [0.4, 0.5) is 0 Å². The molecule has 0 aromatic rings. The number of rotatable bonds is 3. The molecule has 6 nitrogen and oxygen atoms in total. The van der Waals surface area contributed by atoms with Gasteiger partial charge in [0.2, 0.25) is 17.7 Å². The third-order valence-corrected chi connectivity index (χ3v) is 6.11. The van der Waals surface area contributed by atoms with Crippen molar-refractivity contribution in [1.82, 2.24) is 14.7 Å². The van der Waals surface area contributed by atoms with Crippen LogP contribution in [0.5, 0.6) is 0 Å². The number of hydrogen-bond donors (Lipinski definition) is 0. The highest BCUT2D eigenvalue weighted by molar-refractivity contribution is 5.85. The summed E-state index contributed by atoms with van der Waals surface area (Å²) in [5, 5.41) is 0. The number of carbonyl (C=O) groups excluding carboxylic acids is 3. The zero-order valence-electron chi connectivity index (χ0n) is 16.0. The molecule has 0 radical (unpaired) electrons. The second-order valence-electron chi connectivity index (χ2n) is 8.02. The number of amides is 3. The average Bonchev–Trinajstić information content (AvgIpc) is 3.05. The van der Waals surface area contributed by atoms with Gasteiger partial charge in [-0.3, -0.25) is 14.4 Å². The highest BCUT2D eigenvalue weighted by Gasteiger charge is 2.31. The molecular weight excluding hydrogens is 330 g/mol. The molecule has 0 aromatic heterocycles. The Balaban J connectivity index is 1.45. The summed E-state index contributed by atoms with van der Waals surface area (Å²) in [4.78, 5) is 43.0. The number of likely N-dealkylation sites (tertiary alicyclic amines) is 3. The van der Waals surface area contributed by atoms with E-state index in [2.05, 4.69) is 0 Å². The first-order valence-corrected chi connectivity index (χ1v) is 10.5. The van der Waals surface area contributed by atoms with Gasteiger partial charge in [-0.1, -0.05) is 19.3 Å². The van der Waals surface area contributed by atoms with E-state index in [1.54, 1.807) is 4.90 Å². The molecule has 3 saturated heterocycles. The first kappa shape index (κ1) is 19.2. The number of nitrogens with zero attached hydrogens (tertiary/aromatic N) is 3. The van der Waals surface area contributed by atoms with Crippen LogP contribution in [0, 0.1) is 5.92 Å². The third kappa shape index (κ3) is 4.98. The molecule has 0 bridgehead atoms. The minimum Gasteiger partial charge on any atom is -0.342 e. The van der Waals surface area contributed by atoms with Gasteiger partial charge in [0, 0.05) is 45.1 Å². The fourth-order valence-corrected chi connectivity index (χ4v) is 4.39. The van der Waals surface area contributed by atoms with E-state index in [0.29, 0.717) is 32.0 Å². The topological polar surface area (TPSA) is 60.9 Å². The zero-order valence-corrected chi connectivity index (χ0v) is 16.0. The SMILES string of the molecule is O=C(CN1CCCCCC1=O)N1CCC(C(=O)N2CCCCCC2)CC1. The van der Waals surface area contributed by atoms with Gasteiger partial charge in [-0.25, -0.2) is 0 Å². The van der Waals surface area contributed by atoms with Crippen molar-refractivity contribution in [2.24, 2.45) is 5.92 Å². The summed E-state index contributed by atoms with van der Waals surface area (Å²) in [6.45, 7) is 4.00. The fourth-order valence-electron chi connectivity index (χ4n) is 4.39. The Hall–Kier alpha value is -1.59. The minimum atomic E-state index is 0.0425. The zero-order chi connectivity index (χ0) is 18.4. The molecule has 0 aromatic carbocycles. The summed E-state index contributed by atoms with van der Waals surface area (Å²) in [5.41, 5.74) is 0. The molecule has 3 aliphatic rings. The van der Waals surface area contributed by atoms with Gasteiger partial charge in [-0.15, -0.1) is 0 Å². The monoisotopic (exact) mass is 363 g/mol. The van der Waals surface area contributed by atoms with Crippen molar-refractivity contribution < 1.29 is 14.4 Å². The van der Waals surface area contributed by atoms with Crippen LogP contribution in [0.15, 0.2) is 0 Å². The molecule has 0 spiro atoms. The number of hydrogen-bond acceptors (Lipinski definition) is 3. The number of piperidine rings is 1. The van der Waals surface area contributed by atoms with Crippen LogP contribution in [-0.4, -0.2) is 71.7 Å². The molecule has 3 heterocycles. The van der Waals surface area contributed by atoms with Crippen molar-refractivity contribution in [3.63, 3.8) is 0 Å². The van der Waals surface area contributed by atoms with Gasteiger partial charge in [-0.05, 0) is 38.5 Å². The third-order valence-electron chi connectivity index (χ3n) is 6.11. The normalized spacial score (nSPS) is 23.5. The van der Waals surface area contributed by atoms with Crippen LogP contribution in [0.3, 0.4) is 0 Å². The summed E-state index contributed by atoms with van der Waals surface area (Å²) >= 11 is 0. The van der Waals surface area contributed by atoms with Crippen LogP contribution in [0.25, 0.3) is 0 Å². The quantitative estimate of drug-likeness (QED) is 0.771. The molecular formula is C20H33N3O3. The molecule has 0 aliphatic carbocycles. The maximum absolute atomic E-state index is 12.8. The summed E-state index contributed by atoms with van der Waals surface area (Å²) in [5.74, 6) is 0.515. The lowest BCUT2D eigenvalue weighted by atomic mass is 9.95. The molecule has 146 valence electrons. The van der Waals surface area contributed by atoms with E-state index in [4.69, 9.17) is 0 Å². The molecule has 3 amide bonds. The Labute approximate surface area is 156 Å². The van der Waals surface area contributed by atoms with Crippen LogP contribution in [0.1, 0.15) is 64.2 Å². The Morgan fingerprint density at radius 1 is 0.769 bits per heavy atom. The average molecular weight is 364 g/mol. The van der Waals surface area contributed by atoms with E-state index in [9.17, 15) is 14.4 Å². The lowest BCUT2D eigenvalue weighted by molar-refractivity contribution is -0.143. The minimum absolute atomic E-state index is 0.0425. The van der Waals surface area contributed by atoms with Crippen molar-refractivity contribution in [3.8, 4) is 0 Å². The lowest BCUT2D eigenvalue weighted by Gasteiger charge is -2.35. The highest BCUT2D eigenvalue weighted by Crippen LogP contribution is 2.22. The Kier molecular flexibility index (Phi) is 6.92. The molecule has 0 saturated carbocycles. The Morgan fingerprint density at radius 2 is 1.38 bits per heavy atom. The van der Waals surface area contributed by atoms with Gasteiger partial charge >= 0.3 is 0 Å². The lowest BCUT2D eigenvalue weighted by Crippen LogP contribution is -2.48. The maximum atomic E-state index is 12.8. The second-order valence-corrected chi connectivity index (χ2v) is 8.02. The highest BCUT2D eigenvalue weighted by atomic mass is 16.2. The number of carbonyl (C=O) groups is 3. The van der Waals surface area contributed by atoms with E-state index < -0.39 is 0 Å². The van der Waals surface area contributed by atoms with E-state index >= 15 is 0 Å². The van der Waals surface area contributed by atoms with Crippen molar-refractivity contribution in [2.75, 3.05) is 39.3 Å². The predicted molar refractivity (Wildman–Crippen MR) is 99.4 cm³/mol. The molecule has 0 atom stereocenters. The predicted octanol–water partition coefficient (Wildman–Crippen LogP) is 2.03. The van der Waals surface area contributed by atoms with E-state index in [1.807, 2.05) is 9.80 Å². The van der Waals surface area contributed by atoms with Crippen molar-refractivity contribution in [1.29, 1.82) is 0 Å². The Morgan fingerprint density at radius 3 is 2.08 bits per heavy atom. The van der Waals surface area contributed by atoms with Gasteiger partial charge < -0.3 is 14.7 Å². The Bertz CT molecular complexity index is 506. The largest absolute Gasteiger partial charge is 0.342 e. The van der Waals surface area contributed by atoms with Gasteiger partial charge in [0.1, 0.15) is 0 Å². The van der Waals surface area contributed by atoms with E-state index in [1.165, 1.54) is 12.8 Å². The molecule has 3 rings (SSSR count). The summed E-state index contributed by atoms with van der Waals surface area (Å²) in [7, 11) is 0. The standard InChI is InChI=1S/C20H33N3O3/c24-18-8-4-3-7-13-23(18)16-19(25)21-14-9-17(10-15-21)20(26)22-11-5-1-2-6-12-22/h17H,1-16H2. The van der Waals surface area contributed by atoms with Crippen LogP contribution in [-0.2, 0) is 14.4 Å². The van der Waals surface area contributed by atoms with Crippen molar-refractivity contribution in [3.05, 3.63) is 0 Å². The molecule has 26 heavy (non-hydrogen) atoms. The van der Waals surface area contributed by atoms with Crippen molar-refractivity contribution in [2.45, 2.75) is 64.2 Å². The second kappa shape index (κ2) is 9.38. The summed E-state index contributed by atoms with van der Waals surface area (Å²) < 4.78 is 0. The van der Waals surface area contributed by atoms with E-state index in [-0.39, 0.29) is 24.3 Å². The molecule has 3 fully saturated rings. The smallest absolute Gasteiger partial charge is 0.242 e. The van der Waals surface area contributed by atoms with Gasteiger partial charge in [0.25, 0.3) is 0 Å². The molecule has 6 heteroatoms. The van der Waals surface area contributed by atoms with Crippen LogP contribution >= 0.6 is 0 Å². The molecule has 0 N–H and O–H groups in total. The van der Waals surface area contributed by atoms with Crippen LogP contribution in [0.2, 0.25) is 0 Å². The van der Waals surface area contributed by atoms with E-state index in [0.717, 1.165) is 58.0 Å².